The van der Waals surface area contributed by atoms with Gasteiger partial charge in [-0.2, -0.15) is 0 Å². The van der Waals surface area contributed by atoms with Crippen molar-refractivity contribution >= 4 is 0 Å². The number of pyridine rings is 1. The lowest BCUT2D eigenvalue weighted by Gasteiger charge is -2.08. The third-order valence-corrected chi connectivity index (χ3v) is 2.11. The number of hydrogen-bond acceptors (Lipinski definition) is 2. The Labute approximate surface area is 73.6 Å². The summed E-state index contributed by atoms with van der Waals surface area (Å²) in [5.74, 6) is 1.40. The number of rotatable bonds is 3. The van der Waals surface area contributed by atoms with E-state index in [-0.39, 0.29) is 0 Å². The lowest BCUT2D eigenvalue weighted by atomic mass is 10.0. The van der Waals surface area contributed by atoms with Crippen molar-refractivity contribution in [3.63, 3.8) is 0 Å². The van der Waals surface area contributed by atoms with Gasteiger partial charge in [0.2, 0.25) is 0 Å². The molecule has 0 saturated heterocycles. The van der Waals surface area contributed by atoms with Gasteiger partial charge in [-0.05, 0) is 18.4 Å². The van der Waals surface area contributed by atoms with Crippen LogP contribution in [0.1, 0.15) is 31.9 Å². The maximum Gasteiger partial charge on any atom is 0.122 e. The van der Waals surface area contributed by atoms with Crippen LogP contribution in [0.3, 0.4) is 0 Å². The van der Waals surface area contributed by atoms with E-state index < -0.39 is 0 Å². The van der Waals surface area contributed by atoms with E-state index in [1.54, 1.807) is 13.3 Å². The Kier molecular flexibility index (Phi) is 3.09. The number of hydrogen-bond donors (Lipinski definition) is 0. The van der Waals surface area contributed by atoms with Crippen LogP contribution >= 0.6 is 0 Å². The largest absolute Gasteiger partial charge is 0.497 e. The molecule has 1 aromatic heterocycles. The van der Waals surface area contributed by atoms with Gasteiger partial charge in [-0.15, -0.1) is 0 Å². The standard InChI is InChI=1S/C10H15NO/c1-4-8(2)10-7-9(12-3)5-6-11-10/h5-8H,4H2,1-3H3. The molecule has 0 aliphatic rings. The highest BCUT2D eigenvalue weighted by molar-refractivity contribution is 5.24. The first-order valence-corrected chi connectivity index (χ1v) is 4.27. The third kappa shape index (κ3) is 1.97. The highest BCUT2D eigenvalue weighted by atomic mass is 16.5. The van der Waals surface area contributed by atoms with Crippen molar-refractivity contribution in [1.29, 1.82) is 0 Å². The minimum atomic E-state index is 0.514. The van der Waals surface area contributed by atoms with Crippen molar-refractivity contribution < 1.29 is 4.74 Å². The molecule has 12 heavy (non-hydrogen) atoms. The Hall–Kier alpha value is -1.05. The van der Waals surface area contributed by atoms with Gasteiger partial charge in [-0.25, -0.2) is 0 Å². The molecule has 1 rings (SSSR count). The van der Waals surface area contributed by atoms with Gasteiger partial charge in [-0.1, -0.05) is 13.8 Å². The summed E-state index contributed by atoms with van der Waals surface area (Å²) in [4.78, 5) is 4.28. The second-order valence-electron chi connectivity index (χ2n) is 2.93. The molecule has 0 aliphatic heterocycles. The number of aromatic nitrogens is 1. The molecular formula is C10H15NO. The van der Waals surface area contributed by atoms with E-state index in [1.807, 2.05) is 12.1 Å². The smallest absolute Gasteiger partial charge is 0.122 e. The topological polar surface area (TPSA) is 22.1 Å². The fraction of sp³-hybridized carbons (Fsp3) is 0.500. The van der Waals surface area contributed by atoms with E-state index in [1.165, 1.54) is 0 Å². The highest BCUT2D eigenvalue weighted by Crippen LogP contribution is 2.19. The summed E-state index contributed by atoms with van der Waals surface area (Å²) >= 11 is 0. The van der Waals surface area contributed by atoms with Gasteiger partial charge in [0.05, 0.1) is 7.11 Å². The quantitative estimate of drug-likeness (QED) is 0.686. The summed E-state index contributed by atoms with van der Waals surface area (Å²) < 4.78 is 5.11. The lowest BCUT2D eigenvalue weighted by molar-refractivity contribution is 0.413. The summed E-state index contributed by atoms with van der Waals surface area (Å²) in [5, 5.41) is 0. The van der Waals surface area contributed by atoms with Gasteiger partial charge in [0.15, 0.2) is 0 Å². The highest BCUT2D eigenvalue weighted by Gasteiger charge is 2.04. The van der Waals surface area contributed by atoms with Gasteiger partial charge < -0.3 is 4.74 Å². The molecule has 0 saturated carbocycles. The summed E-state index contributed by atoms with van der Waals surface area (Å²) in [5.41, 5.74) is 1.11. The van der Waals surface area contributed by atoms with E-state index in [0.717, 1.165) is 17.9 Å². The molecule has 0 aliphatic carbocycles. The second kappa shape index (κ2) is 4.10. The van der Waals surface area contributed by atoms with Gasteiger partial charge >= 0.3 is 0 Å². The molecular weight excluding hydrogens is 150 g/mol. The molecule has 0 aromatic carbocycles. The van der Waals surface area contributed by atoms with Crippen LogP contribution in [0.2, 0.25) is 0 Å². The third-order valence-electron chi connectivity index (χ3n) is 2.11. The first-order chi connectivity index (χ1) is 5.77. The molecule has 0 bridgehead atoms. The Morgan fingerprint density at radius 1 is 1.58 bits per heavy atom. The fourth-order valence-electron chi connectivity index (χ4n) is 1.03. The van der Waals surface area contributed by atoms with Crippen LogP contribution in [0.5, 0.6) is 5.75 Å². The SMILES string of the molecule is CCC(C)c1cc(OC)ccn1. The Bertz CT molecular complexity index is 247. The van der Waals surface area contributed by atoms with Gasteiger partial charge in [0.25, 0.3) is 0 Å². The maximum atomic E-state index is 5.11. The Balaban J connectivity index is 2.86. The van der Waals surface area contributed by atoms with Crippen molar-refractivity contribution in [2.24, 2.45) is 0 Å². The fourth-order valence-corrected chi connectivity index (χ4v) is 1.03. The molecule has 0 radical (unpaired) electrons. The molecule has 1 unspecified atom stereocenters. The number of ether oxygens (including phenoxy) is 1. The summed E-state index contributed by atoms with van der Waals surface area (Å²) in [6, 6.07) is 3.86. The molecule has 0 spiro atoms. The molecule has 2 nitrogen and oxygen atoms in total. The lowest BCUT2D eigenvalue weighted by Crippen LogP contribution is -1.95. The molecule has 0 amide bonds. The second-order valence-corrected chi connectivity index (χ2v) is 2.93. The van der Waals surface area contributed by atoms with Crippen molar-refractivity contribution in [3.8, 4) is 5.75 Å². The average Bonchev–Trinajstić information content (AvgIpc) is 2.17. The minimum Gasteiger partial charge on any atom is -0.497 e. The maximum absolute atomic E-state index is 5.11. The van der Waals surface area contributed by atoms with Crippen LogP contribution in [-0.4, -0.2) is 12.1 Å². The van der Waals surface area contributed by atoms with E-state index in [4.69, 9.17) is 4.74 Å². The molecule has 66 valence electrons. The molecule has 2 heteroatoms. The normalized spacial score (nSPS) is 12.6. The van der Waals surface area contributed by atoms with E-state index in [0.29, 0.717) is 5.92 Å². The molecule has 1 heterocycles. The Morgan fingerprint density at radius 3 is 2.92 bits per heavy atom. The minimum absolute atomic E-state index is 0.514. The molecule has 0 fully saturated rings. The summed E-state index contributed by atoms with van der Waals surface area (Å²) in [6.07, 6.45) is 2.90. The van der Waals surface area contributed by atoms with E-state index in [2.05, 4.69) is 18.8 Å². The number of nitrogens with zero attached hydrogens (tertiary/aromatic N) is 1. The van der Waals surface area contributed by atoms with Crippen LogP contribution in [0.15, 0.2) is 18.3 Å². The molecule has 0 N–H and O–H groups in total. The van der Waals surface area contributed by atoms with Gasteiger partial charge in [0, 0.05) is 18.0 Å². The Morgan fingerprint density at radius 2 is 2.33 bits per heavy atom. The molecule has 1 aromatic rings. The number of methoxy groups -OCH3 is 1. The first-order valence-electron chi connectivity index (χ1n) is 4.27. The monoisotopic (exact) mass is 165 g/mol. The zero-order valence-corrected chi connectivity index (χ0v) is 7.87. The summed E-state index contributed by atoms with van der Waals surface area (Å²) in [7, 11) is 1.68. The van der Waals surface area contributed by atoms with Gasteiger partial charge in [0.1, 0.15) is 5.75 Å². The zero-order valence-electron chi connectivity index (χ0n) is 7.87. The van der Waals surface area contributed by atoms with Gasteiger partial charge in [-0.3, -0.25) is 4.98 Å². The van der Waals surface area contributed by atoms with Crippen molar-refractivity contribution in [3.05, 3.63) is 24.0 Å². The van der Waals surface area contributed by atoms with E-state index >= 15 is 0 Å². The van der Waals surface area contributed by atoms with Crippen LogP contribution in [-0.2, 0) is 0 Å². The van der Waals surface area contributed by atoms with Crippen molar-refractivity contribution in [2.45, 2.75) is 26.2 Å². The van der Waals surface area contributed by atoms with E-state index in [9.17, 15) is 0 Å². The van der Waals surface area contributed by atoms with Crippen LogP contribution in [0.4, 0.5) is 0 Å². The van der Waals surface area contributed by atoms with Crippen LogP contribution in [0.25, 0.3) is 0 Å². The predicted molar refractivity (Wildman–Crippen MR) is 49.5 cm³/mol. The van der Waals surface area contributed by atoms with Crippen molar-refractivity contribution in [2.75, 3.05) is 7.11 Å². The molecule has 1 atom stereocenters. The first kappa shape index (κ1) is 9.04. The predicted octanol–water partition coefficient (Wildman–Crippen LogP) is 2.60. The average molecular weight is 165 g/mol. The van der Waals surface area contributed by atoms with Crippen LogP contribution in [0, 0.1) is 0 Å². The summed E-state index contributed by atoms with van der Waals surface area (Å²) in [6.45, 7) is 4.33. The van der Waals surface area contributed by atoms with Crippen LogP contribution < -0.4 is 4.74 Å². The van der Waals surface area contributed by atoms with Crippen molar-refractivity contribution in [1.82, 2.24) is 4.98 Å². The zero-order chi connectivity index (χ0) is 8.97.